The molecule has 0 aromatic rings. The van der Waals surface area contributed by atoms with E-state index in [4.69, 9.17) is 34.3 Å². The summed E-state index contributed by atoms with van der Waals surface area (Å²) in [6.07, 6.45) is 11.4. The van der Waals surface area contributed by atoms with E-state index in [1.807, 2.05) is 37.3 Å². The van der Waals surface area contributed by atoms with Gasteiger partial charge in [0.15, 0.2) is 6.29 Å². The highest BCUT2D eigenvalue weighted by Crippen LogP contribution is 2.24. The van der Waals surface area contributed by atoms with Crippen LogP contribution >= 0.6 is 0 Å². The molecule has 12 atom stereocenters. The van der Waals surface area contributed by atoms with Gasteiger partial charge >= 0.3 is 11.9 Å². The van der Waals surface area contributed by atoms with Crippen molar-refractivity contribution in [2.75, 3.05) is 19.8 Å². The molecule has 0 spiro atoms. The lowest BCUT2D eigenvalue weighted by Gasteiger charge is -2.40. The first-order valence-corrected chi connectivity index (χ1v) is 21.9. The third-order valence-electron chi connectivity index (χ3n) is 9.89. The first kappa shape index (κ1) is 56.2. The van der Waals surface area contributed by atoms with Crippen molar-refractivity contribution in [1.82, 2.24) is 0 Å². The fourth-order valence-electron chi connectivity index (χ4n) is 6.17. The minimum atomic E-state index is -1.69. The molecule has 0 aliphatic carbocycles. The summed E-state index contributed by atoms with van der Waals surface area (Å²) in [5.74, 6) is -1.82. The van der Waals surface area contributed by atoms with Crippen LogP contribution in [-0.4, -0.2) is 156 Å². The van der Waals surface area contributed by atoms with Gasteiger partial charge in [0, 0.05) is 12.8 Å². The van der Waals surface area contributed by atoms with E-state index in [2.05, 4.69) is 6.92 Å². The molecular formula is C45H76O16. The Hall–Kier alpha value is -2.84. The Kier molecular flexibility index (Phi) is 31.9. The molecule has 1 fully saturated rings. The second-order valence-electron chi connectivity index (χ2n) is 15.4. The van der Waals surface area contributed by atoms with Crippen LogP contribution in [0.5, 0.6) is 0 Å². The van der Waals surface area contributed by atoms with Crippen LogP contribution in [0.4, 0.5) is 0 Å². The van der Waals surface area contributed by atoms with Gasteiger partial charge in [-0.05, 0) is 70.6 Å². The number of aliphatic hydroxyl groups excluding tert-OH is 8. The molecule has 0 radical (unpaired) electrons. The highest BCUT2D eigenvalue weighted by Gasteiger charge is 2.44. The number of allylic oxidation sites excluding steroid dienone is 3. The summed E-state index contributed by atoms with van der Waals surface area (Å²) in [5, 5.41) is 102. The zero-order chi connectivity index (χ0) is 45.4. The third-order valence-corrected chi connectivity index (χ3v) is 9.89. The van der Waals surface area contributed by atoms with E-state index in [-0.39, 0.29) is 38.7 Å². The van der Waals surface area contributed by atoms with Crippen LogP contribution in [0.15, 0.2) is 60.8 Å². The van der Waals surface area contributed by atoms with Gasteiger partial charge in [-0.15, -0.1) is 0 Å². The third kappa shape index (κ3) is 26.4. The Morgan fingerprint density at radius 3 is 2.02 bits per heavy atom. The maximum absolute atomic E-state index is 11.5. The lowest BCUT2D eigenvalue weighted by Crippen LogP contribution is -2.59. The van der Waals surface area contributed by atoms with Gasteiger partial charge < -0.3 is 70.0 Å². The van der Waals surface area contributed by atoms with Crippen molar-refractivity contribution in [3.05, 3.63) is 60.8 Å². The lowest BCUT2D eigenvalue weighted by atomic mass is 9.99. The Bertz CT molecular complexity index is 1290. The van der Waals surface area contributed by atoms with Crippen LogP contribution in [0.3, 0.4) is 0 Å². The first-order valence-electron chi connectivity index (χ1n) is 21.9. The largest absolute Gasteiger partial charge is 0.481 e. The number of hydrogen-bond acceptors (Lipinski definition) is 14. The fourth-order valence-corrected chi connectivity index (χ4v) is 6.17. The summed E-state index contributed by atoms with van der Waals surface area (Å²) in [4.78, 5) is 21.8. The number of rotatable bonds is 36. The minimum absolute atomic E-state index is 0.000618. The van der Waals surface area contributed by atoms with Crippen molar-refractivity contribution in [3.63, 3.8) is 0 Å². The van der Waals surface area contributed by atoms with Gasteiger partial charge in [0.25, 0.3) is 0 Å². The van der Waals surface area contributed by atoms with E-state index in [1.54, 1.807) is 18.2 Å². The molecule has 61 heavy (non-hydrogen) atoms. The van der Waals surface area contributed by atoms with Crippen LogP contribution in [-0.2, 0) is 28.5 Å². The number of carbonyl (C=O) groups is 2. The van der Waals surface area contributed by atoms with Crippen molar-refractivity contribution < 1.29 is 79.6 Å². The normalized spacial score (nSPS) is 23.6. The number of carboxylic acid groups (broad SMARTS) is 2. The average molecular weight is 873 g/mol. The van der Waals surface area contributed by atoms with Gasteiger partial charge in [0.05, 0.1) is 50.3 Å². The number of carboxylic acids is 2. The predicted octanol–water partition coefficient (Wildman–Crippen LogP) is 3.62. The van der Waals surface area contributed by atoms with Crippen molar-refractivity contribution in [2.24, 2.45) is 0 Å². The van der Waals surface area contributed by atoms with Gasteiger partial charge in [0.1, 0.15) is 36.6 Å². The van der Waals surface area contributed by atoms with Crippen molar-refractivity contribution in [2.45, 2.75) is 190 Å². The van der Waals surface area contributed by atoms with E-state index in [9.17, 15) is 45.3 Å². The molecule has 16 nitrogen and oxygen atoms in total. The molecule has 352 valence electrons. The second-order valence-corrected chi connectivity index (χ2v) is 15.4. The first-order chi connectivity index (χ1) is 29.2. The smallest absolute Gasteiger partial charge is 0.303 e. The molecule has 0 amide bonds. The van der Waals surface area contributed by atoms with E-state index in [1.165, 1.54) is 12.2 Å². The van der Waals surface area contributed by atoms with Gasteiger partial charge in [-0.1, -0.05) is 93.9 Å². The Morgan fingerprint density at radius 1 is 0.689 bits per heavy atom. The molecular weight excluding hydrogens is 796 g/mol. The summed E-state index contributed by atoms with van der Waals surface area (Å²) >= 11 is 0. The monoisotopic (exact) mass is 873 g/mol. The maximum Gasteiger partial charge on any atom is 0.303 e. The van der Waals surface area contributed by atoms with E-state index < -0.39 is 98.6 Å². The van der Waals surface area contributed by atoms with Gasteiger partial charge in [-0.3, -0.25) is 9.59 Å². The fraction of sp³-hybridized carbons (Fsp3) is 0.733. The van der Waals surface area contributed by atoms with Crippen LogP contribution in [0.25, 0.3) is 0 Å². The van der Waals surface area contributed by atoms with E-state index in [0.29, 0.717) is 32.1 Å². The summed E-state index contributed by atoms with van der Waals surface area (Å²) in [6.45, 7) is 2.81. The summed E-state index contributed by atoms with van der Waals surface area (Å²) in [7, 11) is 0. The molecule has 0 aromatic heterocycles. The van der Waals surface area contributed by atoms with Crippen molar-refractivity contribution in [1.29, 1.82) is 0 Å². The van der Waals surface area contributed by atoms with Gasteiger partial charge in [-0.25, -0.2) is 0 Å². The van der Waals surface area contributed by atoms with Crippen LogP contribution in [0.2, 0.25) is 0 Å². The molecule has 12 unspecified atom stereocenters. The van der Waals surface area contributed by atoms with Crippen LogP contribution in [0.1, 0.15) is 117 Å². The molecule has 0 aromatic carbocycles. The zero-order valence-electron chi connectivity index (χ0n) is 36.1. The Balaban J connectivity index is 3.43. The Morgan fingerprint density at radius 2 is 1.34 bits per heavy atom. The molecule has 10 N–H and O–H groups in total. The summed E-state index contributed by atoms with van der Waals surface area (Å²) in [5.41, 5.74) is 0. The van der Waals surface area contributed by atoms with Crippen LogP contribution in [0, 0.1) is 0 Å². The average Bonchev–Trinajstić information content (AvgIpc) is 3.23. The molecule has 1 aliphatic heterocycles. The number of unbranched alkanes of at least 4 members (excludes halogenated alkanes) is 6. The highest BCUT2D eigenvalue weighted by atomic mass is 16.7. The number of ether oxygens (including phenoxy) is 4. The quantitative estimate of drug-likeness (QED) is 0.0318. The second kappa shape index (κ2) is 34.6. The zero-order valence-corrected chi connectivity index (χ0v) is 36.1. The molecule has 1 heterocycles. The highest BCUT2D eigenvalue weighted by molar-refractivity contribution is 5.66. The molecule has 0 saturated carbocycles. The van der Waals surface area contributed by atoms with Gasteiger partial charge in [-0.2, -0.15) is 0 Å². The lowest BCUT2D eigenvalue weighted by molar-refractivity contribution is -0.307. The molecule has 1 saturated heterocycles. The van der Waals surface area contributed by atoms with Crippen molar-refractivity contribution in [3.8, 4) is 0 Å². The minimum Gasteiger partial charge on any atom is -0.481 e. The van der Waals surface area contributed by atoms with Crippen molar-refractivity contribution >= 4 is 11.9 Å². The number of aliphatic carboxylic acids is 2. The summed E-state index contributed by atoms with van der Waals surface area (Å²) in [6, 6.07) is 0. The van der Waals surface area contributed by atoms with E-state index in [0.717, 1.165) is 38.5 Å². The topological polar surface area (TPSA) is 273 Å². The SMILES string of the molecule is CCCC=CCC(OC(C=CC(CC=CCCCC(=O)O)OCC1OC(OCC(O)CO)C(O)C(O)C1O)C(O)CC=CCCCCC)C(O)C=CC(O)CCCCC(=O)O. The molecule has 1 aliphatic rings. The van der Waals surface area contributed by atoms with Crippen LogP contribution < -0.4 is 0 Å². The number of aliphatic hydroxyl groups is 8. The number of hydrogen-bond donors (Lipinski definition) is 10. The van der Waals surface area contributed by atoms with Gasteiger partial charge in [0.2, 0.25) is 0 Å². The Labute approximate surface area is 361 Å². The summed E-state index contributed by atoms with van der Waals surface area (Å²) < 4.78 is 23.7. The standard InChI is InChI=1S/C45H76O16/c1-3-5-7-9-10-14-21-35(49)38(60-37(22-15-8-6-4-2)36(50)27-25-32(47)19-17-18-24-41(53)54)28-26-34(20-13-11-12-16-23-40(51)52)58-31-39-42(55)43(56)44(57)45(61-39)59-30-33(48)29-46/h8,10-11,13-15,25-28,32-39,42-50,55-57H,3-7,9,12,16-24,29-31H2,1-2H3,(H,51,52)(H,53,54). The predicted molar refractivity (Wildman–Crippen MR) is 228 cm³/mol. The van der Waals surface area contributed by atoms with E-state index >= 15 is 0 Å². The molecule has 0 bridgehead atoms. The molecule has 16 heteroatoms. The maximum atomic E-state index is 11.5. The molecule has 1 rings (SSSR count).